The van der Waals surface area contributed by atoms with Crippen LogP contribution >= 0.6 is 0 Å². The van der Waals surface area contributed by atoms with Gasteiger partial charge in [0.2, 0.25) is 0 Å². The summed E-state index contributed by atoms with van der Waals surface area (Å²) in [6.07, 6.45) is 1.63. The van der Waals surface area contributed by atoms with E-state index in [0.717, 1.165) is 11.1 Å². The first-order valence-corrected chi connectivity index (χ1v) is 11.9. The number of carboxylic acid groups (broad SMARTS) is 1. The molecule has 3 aromatic carbocycles. The number of amides is 1. The first-order valence-electron chi connectivity index (χ1n) is 11.9. The van der Waals surface area contributed by atoms with Crippen LogP contribution in [0.3, 0.4) is 0 Å². The van der Waals surface area contributed by atoms with Crippen molar-refractivity contribution < 1.29 is 19.1 Å². The lowest BCUT2D eigenvalue weighted by atomic mass is 10.0. The van der Waals surface area contributed by atoms with E-state index in [9.17, 15) is 19.1 Å². The molecule has 6 nitrogen and oxygen atoms in total. The van der Waals surface area contributed by atoms with Gasteiger partial charge in [0.05, 0.1) is 28.3 Å². The number of hydrogen-bond donors (Lipinski definition) is 1. The second-order valence-corrected chi connectivity index (χ2v) is 9.01. The highest BCUT2D eigenvalue weighted by Crippen LogP contribution is 2.26. The van der Waals surface area contributed by atoms with Crippen LogP contribution in [0.15, 0.2) is 72.8 Å². The van der Waals surface area contributed by atoms with Gasteiger partial charge in [-0.25, -0.2) is 14.4 Å². The number of rotatable bonds is 9. The smallest absolute Gasteiger partial charge is 0.306 e. The maximum absolute atomic E-state index is 13.5. The summed E-state index contributed by atoms with van der Waals surface area (Å²) in [5.41, 5.74) is 4.81. The molecular weight excluding hydrogens is 457 g/mol. The molecule has 1 N–H and O–H groups in total. The highest BCUT2D eigenvalue weighted by Gasteiger charge is 2.17. The third-order valence-electron chi connectivity index (χ3n) is 6.18. The van der Waals surface area contributed by atoms with Gasteiger partial charge in [0, 0.05) is 24.7 Å². The van der Waals surface area contributed by atoms with Crippen molar-refractivity contribution in [1.82, 2.24) is 14.9 Å². The quantitative estimate of drug-likeness (QED) is 0.326. The van der Waals surface area contributed by atoms with Gasteiger partial charge >= 0.3 is 5.97 Å². The van der Waals surface area contributed by atoms with E-state index in [1.54, 1.807) is 49.2 Å². The minimum atomic E-state index is -0.832. The molecule has 0 aliphatic carbocycles. The molecular formula is C29H28FN3O3. The Morgan fingerprint density at radius 2 is 1.69 bits per heavy atom. The lowest BCUT2D eigenvalue weighted by Gasteiger charge is -2.18. The average molecular weight is 486 g/mol. The van der Waals surface area contributed by atoms with Crippen LogP contribution in [0.25, 0.3) is 22.3 Å². The van der Waals surface area contributed by atoms with Crippen molar-refractivity contribution in [2.24, 2.45) is 5.92 Å². The van der Waals surface area contributed by atoms with Gasteiger partial charge in [-0.05, 0) is 67.3 Å². The first-order chi connectivity index (χ1) is 17.3. The lowest BCUT2D eigenvalue weighted by Crippen LogP contribution is -2.26. The molecule has 0 saturated carbocycles. The van der Waals surface area contributed by atoms with Crippen LogP contribution in [0.2, 0.25) is 0 Å². The van der Waals surface area contributed by atoms with Crippen LogP contribution in [0.5, 0.6) is 0 Å². The molecule has 1 unspecified atom stereocenters. The number of benzene rings is 3. The molecule has 1 aromatic heterocycles. The van der Waals surface area contributed by atoms with E-state index in [1.165, 1.54) is 12.1 Å². The molecule has 7 heteroatoms. The number of carbonyl (C=O) groups excluding carboxylic acids is 1. The Morgan fingerprint density at radius 3 is 2.39 bits per heavy atom. The first kappa shape index (κ1) is 25.0. The molecule has 184 valence electrons. The van der Waals surface area contributed by atoms with E-state index in [2.05, 4.69) is 0 Å². The summed E-state index contributed by atoms with van der Waals surface area (Å²) >= 11 is 0. The zero-order valence-corrected chi connectivity index (χ0v) is 20.3. The predicted octanol–water partition coefficient (Wildman–Crippen LogP) is 5.75. The number of halogens is 1. The zero-order valence-electron chi connectivity index (χ0n) is 20.3. The summed E-state index contributed by atoms with van der Waals surface area (Å²) in [6.45, 7) is 2.17. The van der Waals surface area contributed by atoms with Crippen molar-refractivity contribution in [3.8, 4) is 11.3 Å². The Balaban J connectivity index is 1.65. The summed E-state index contributed by atoms with van der Waals surface area (Å²) in [6, 6.07) is 21.1. The second-order valence-electron chi connectivity index (χ2n) is 9.01. The van der Waals surface area contributed by atoms with Crippen molar-refractivity contribution >= 4 is 22.9 Å². The Bertz CT molecular complexity index is 1370. The summed E-state index contributed by atoms with van der Waals surface area (Å²) in [7, 11) is 1.76. The monoisotopic (exact) mass is 485 g/mol. The normalized spacial score (nSPS) is 11.9. The fourth-order valence-corrected chi connectivity index (χ4v) is 4.09. The second kappa shape index (κ2) is 11.1. The van der Waals surface area contributed by atoms with Crippen LogP contribution in [-0.4, -0.2) is 38.9 Å². The minimum absolute atomic E-state index is 0.123. The molecule has 0 radical (unpaired) electrons. The lowest BCUT2D eigenvalue weighted by molar-refractivity contribution is -0.141. The number of aryl methyl sites for hydroxylation is 1. The van der Waals surface area contributed by atoms with Gasteiger partial charge in [0.15, 0.2) is 0 Å². The molecule has 1 heterocycles. The van der Waals surface area contributed by atoms with Crippen molar-refractivity contribution in [1.29, 1.82) is 0 Å². The molecule has 0 aliphatic heterocycles. The van der Waals surface area contributed by atoms with Crippen LogP contribution in [0.1, 0.15) is 41.4 Å². The molecule has 0 saturated heterocycles. The van der Waals surface area contributed by atoms with Gasteiger partial charge in [-0.2, -0.15) is 0 Å². The van der Waals surface area contributed by atoms with Gasteiger partial charge in [0.25, 0.3) is 5.91 Å². The minimum Gasteiger partial charge on any atom is -0.481 e. The number of nitrogens with zero attached hydrogens (tertiary/aromatic N) is 3. The van der Waals surface area contributed by atoms with Crippen molar-refractivity contribution in [3.05, 3.63) is 95.4 Å². The average Bonchev–Trinajstić information content (AvgIpc) is 2.88. The van der Waals surface area contributed by atoms with Crippen LogP contribution in [0, 0.1) is 11.7 Å². The standard InChI is InChI=1S/C29H28FN3O3/c1-19(29(35)36)7-6-10-25-27(21-11-14-23(30)15-12-21)32-24-16-13-22(17-26(24)31-25)28(34)33(2)18-20-8-4-3-5-9-20/h3-5,8-9,11-17,19H,6-7,10,18H2,1-2H3,(H,35,36). The van der Waals surface area contributed by atoms with Gasteiger partial charge in [-0.1, -0.05) is 37.3 Å². The maximum atomic E-state index is 13.5. The number of aliphatic carboxylic acids is 1. The summed E-state index contributed by atoms with van der Waals surface area (Å²) < 4.78 is 13.5. The molecule has 4 aromatic rings. The molecule has 0 bridgehead atoms. The number of fused-ring (bicyclic) bond motifs is 1. The van der Waals surface area contributed by atoms with Gasteiger partial charge in [-0.3, -0.25) is 9.59 Å². The highest BCUT2D eigenvalue weighted by atomic mass is 19.1. The van der Waals surface area contributed by atoms with E-state index in [1.807, 2.05) is 30.3 Å². The van der Waals surface area contributed by atoms with Crippen molar-refractivity contribution in [2.75, 3.05) is 7.05 Å². The fraction of sp³-hybridized carbons (Fsp3) is 0.241. The molecule has 0 aliphatic rings. The Labute approximate surface area is 209 Å². The zero-order chi connectivity index (χ0) is 25.7. The highest BCUT2D eigenvalue weighted by molar-refractivity contribution is 5.97. The molecule has 0 fully saturated rings. The number of aromatic nitrogens is 2. The Hall–Kier alpha value is -4.13. The Kier molecular flexibility index (Phi) is 7.68. The summed E-state index contributed by atoms with van der Waals surface area (Å²) in [4.78, 5) is 35.6. The van der Waals surface area contributed by atoms with E-state index < -0.39 is 11.9 Å². The molecule has 0 spiro atoms. The Morgan fingerprint density at radius 1 is 0.972 bits per heavy atom. The van der Waals surface area contributed by atoms with Crippen LogP contribution in [0.4, 0.5) is 4.39 Å². The fourth-order valence-electron chi connectivity index (χ4n) is 4.09. The molecule has 36 heavy (non-hydrogen) atoms. The molecule has 4 rings (SSSR count). The van der Waals surface area contributed by atoms with Crippen LogP contribution in [-0.2, 0) is 17.8 Å². The van der Waals surface area contributed by atoms with E-state index in [0.29, 0.717) is 53.8 Å². The van der Waals surface area contributed by atoms with Gasteiger partial charge < -0.3 is 10.0 Å². The van der Waals surface area contributed by atoms with Gasteiger partial charge in [-0.15, -0.1) is 0 Å². The van der Waals surface area contributed by atoms with Crippen molar-refractivity contribution in [2.45, 2.75) is 32.7 Å². The summed E-state index contributed by atoms with van der Waals surface area (Å²) in [5.74, 6) is -1.76. The topological polar surface area (TPSA) is 83.4 Å². The molecule has 1 amide bonds. The van der Waals surface area contributed by atoms with Crippen LogP contribution < -0.4 is 0 Å². The summed E-state index contributed by atoms with van der Waals surface area (Å²) in [5, 5.41) is 9.20. The SMILES string of the molecule is CC(CCCc1nc2cc(C(=O)N(C)Cc3ccccc3)ccc2nc1-c1ccc(F)cc1)C(=O)O. The maximum Gasteiger partial charge on any atom is 0.306 e. The van der Waals surface area contributed by atoms with E-state index in [4.69, 9.17) is 9.97 Å². The molecule has 1 atom stereocenters. The van der Waals surface area contributed by atoms with E-state index >= 15 is 0 Å². The third kappa shape index (κ3) is 5.92. The van der Waals surface area contributed by atoms with Crippen molar-refractivity contribution in [3.63, 3.8) is 0 Å². The largest absolute Gasteiger partial charge is 0.481 e. The number of carbonyl (C=O) groups is 2. The van der Waals surface area contributed by atoms with E-state index in [-0.39, 0.29) is 11.7 Å². The number of hydrogen-bond acceptors (Lipinski definition) is 4. The number of carboxylic acids is 1. The predicted molar refractivity (Wildman–Crippen MR) is 137 cm³/mol. The van der Waals surface area contributed by atoms with Gasteiger partial charge in [0.1, 0.15) is 5.82 Å². The third-order valence-corrected chi connectivity index (χ3v) is 6.18.